The van der Waals surface area contributed by atoms with Gasteiger partial charge in [0.25, 0.3) is 0 Å². The Morgan fingerprint density at radius 2 is 1.89 bits per heavy atom. The SMILES string of the molecule is Cc1cncnc1N1CCC2(CC1)Cc1ccccc1CN(CC1CC1)C2=O. The fourth-order valence-corrected chi connectivity index (χ4v) is 4.96. The number of anilines is 1. The normalized spacial score (nSPS) is 21.5. The first-order valence-corrected chi connectivity index (χ1v) is 10.5. The second-order valence-electron chi connectivity index (χ2n) is 8.87. The average molecular weight is 377 g/mol. The zero-order valence-corrected chi connectivity index (χ0v) is 16.6. The topological polar surface area (TPSA) is 49.3 Å². The molecule has 1 aliphatic carbocycles. The summed E-state index contributed by atoms with van der Waals surface area (Å²) in [5, 5.41) is 0. The number of carbonyl (C=O) groups is 1. The molecule has 2 fully saturated rings. The van der Waals surface area contributed by atoms with E-state index < -0.39 is 0 Å². The van der Waals surface area contributed by atoms with Crippen molar-refractivity contribution in [3.8, 4) is 0 Å². The van der Waals surface area contributed by atoms with E-state index in [4.69, 9.17) is 0 Å². The van der Waals surface area contributed by atoms with Gasteiger partial charge in [-0.2, -0.15) is 0 Å². The van der Waals surface area contributed by atoms with Crippen molar-refractivity contribution in [1.82, 2.24) is 14.9 Å². The van der Waals surface area contributed by atoms with Crippen molar-refractivity contribution in [2.75, 3.05) is 24.5 Å². The van der Waals surface area contributed by atoms with Gasteiger partial charge in [-0.15, -0.1) is 0 Å². The Labute approximate surface area is 166 Å². The standard InChI is InChI=1S/C23H28N4O/c1-17-13-24-16-25-21(17)26-10-8-23(9-11-26)12-19-4-2-3-5-20(19)15-27(22(23)28)14-18-6-7-18/h2-5,13,16,18H,6-12,14-15H2,1H3. The van der Waals surface area contributed by atoms with Gasteiger partial charge in [-0.1, -0.05) is 24.3 Å². The van der Waals surface area contributed by atoms with E-state index in [0.717, 1.165) is 62.7 Å². The lowest BCUT2D eigenvalue weighted by atomic mass is 9.73. The first-order chi connectivity index (χ1) is 13.6. The van der Waals surface area contributed by atoms with Crippen LogP contribution in [0.3, 0.4) is 0 Å². The van der Waals surface area contributed by atoms with Gasteiger partial charge >= 0.3 is 0 Å². The van der Waals surface area contributed by atoms with Crippen LogP contribution in [0.4, 0.5) is 5.82 Å². The summed E-state index contributed by atoms with van der Waals surface area (Å²) in [5.74, 6) is 2.12. The molecule has 2 aromatic rings. The van der Waals surface area contributed by atoms with Crippen LogP contribution in [0.1, 0.15) is 42.4 Å². The van der Waals surface area contributed by atoms with E-state index in [2.05, 4.69) is 51.0 Å². The predicted octanol–water partition coefficient (Wildman–Crippen LogP) is 3.37. The van der Waals surface area contributed by atoms with Crippen molar-refractivity contribution in [1.29, 1.82) is 0 Å². The van der Waals surface area contributed by atoms with Crippen LogP contribution in [0, 0.1) is 18.3 Å². The Morgan fingerprint density at radius 1 is 1.14 bits per heavy atom. The van der Waals surface area contributed by atoms with Crippen LogP contribution in [0.2, 0.25) is 0 Å². The van der Waals surface area contributed by atoms with Crippen LogP contribution in [-0.2, 0) is 17.8 Å². The number of benzene rings is 1. The minimum absolute atomic E-state index is 0.265. The zero-order valence-electron chi connectivity index (χ0n) is 16.6. The molecule has 0 atom stereocenters. The number of carbonyl (C=O) groups excluding carboxylic acids is 1. The molecule has 3 heterocycles. The van der Waals surface area contributed by atoms with Crippen molar-refractivity contribution >= 4 is 11.7 Å². The van der Waals surface area contributed by atoms with E-state index in [9.17, 15) is 4.79 Å². The van der Waals surface area contributed by atoms with Crippen molar-refractivity contribution in [3.63, 3.8) is 0 Å². The average Bonchev–Trinajstić information content (AvgIpc) is 3.54. The van der Waals surface area contributed by atoms with Gasteiger partial charge in [-0.05, 0) is 56.1 Å². The molecule has 0 bridgehead atoms. The number of fused-ring (bicyclic) bond motifs is 1. The Kier molecular flexibility index (Phi) is 4.33. The highest BCUT2D eigenvalue weighted by Gasteiger charge is 2.46. The van der Waals surface area contributed by atoms with E-state index in [1.807, 2.05) is 6.20 Å². The quantitative estimate of drug-likeness (QED) is 0.824. The number of hydrogen-bond donors (Lipinski definition) is 0. The summed E-state index contributed by atoms with van der Waals surface area (Å²) >= 11 is 0. The van der Waals surface area contributed by atoms with Gasteiger partial charge in [-0.3, -0.25) is 4.79 Å². The minimum atomic E-state index is -0.265. The molecule has 1 saturated carbocycles. The van der Waals surface area contributed by atoms with E-state index in [1.165, 1.54) is 24.0 Å². The van der Waals surface area contributed by atoms with E-state index in [0.29, 0.717) is 5.91 Å². The smallest absolute Gasteiger partial charge is 0.229 e. The van der Waals surface area contributed by atoms with Gasteiger partial charge < -0.3 is 9.80 Å². The molecule has 5 rings (SSSR count). The Hall–Kier alpha value is -2.43. The zero-order chi connectivity index (χ0) is 19.1. The number of rotatable bonds is 3. The van der Waals surface area contributed by atoms with Crippen molar-refractivity contribution in [2.45, 2.75) is 45.6 Å². The number of aromatic nitrogens is 2. The van der Waals surface area contributed by atoms with Gasteiger partial charge in [0.05, 0.1) is 5.41 Å². The molecule has 0 unspecified atom stereocenters. The van der Waals surface area contributed by atoms with Crippen LogP contribution < -0.4 is 4.90 Å². The molecule has 5 nitrogen and oxygen atoms in total. The molecule has 0 N–H and O–H groups in total. The number of hydrogen-bond acceptors (Lipinski definition) is 4. The molecule has 0 radical (unpaired) electrons. The van der Waals surface area contributed by atoms with Gasteiger partial charge in [0, 0.05) is 37.9 Å². The molecule has 28 heavy (non-hydrogen) atoms. The summed E-state index contributed by atoms with van der Waals surface area (Å²) in [7, 11) is 0. The van der Waals surface area contributed by atoms with E-state index in [1.54, 1.807) is 6.33 Å². The molecule has 2 aliphatic heterocycles. The first-order valence-electron chi connectivity index (χ1n) is 10.5. The van der Waals surface area contributed by atoms with Crippen molar-refractivity contribution in [2.24, 2.45) is 11.3 Å². The largest absolute Gasteiger partial charge is 0.356 e. The Morgan fingerprint density at radius 3 is 2.61 bits per heavy atom. The predicted molar refractivity (Wildman–Crippen MR) is 109 cm³/mol. The Balaban J connectivity index is 1.43. The lowest BCUT2D eigenvalue weighted by molar-refractivity contribution is -0.144. The summed E-state index contributed by atoms with van der Waals surface area (Å²) in [4.78, 5) is 26.9. The lowest BCUT2D eigenvalue weighted by Crippen LogP contribution is -2.50. The molecular weight excluding hydrogens is 348 g/mol. The van der Waals surface area contributed by atoms with Crippen LogP contribution in [0.15, 0.2) is 36.8 Å². The number of nitrogens with zero attached hydrogens (tertiary/aromatic N) is 4. The fourth-order valence-electron chi connectivity index (χ4n) is 4.96. The van der Waals surface area contributed by atoms with Crippen LogP contribution in [0.25, 0.3) is 0 Å². The molecule has 1 aromatic heterocycles. The maximum absolute atomic E-state index is 13.7. The summed E-state index contributed by atoms with van der Waals surface area (Å²) in [6.07, 6.45) is 8.71. The van der Waals surface area contributed by atoms with Gasteiger partial charge in [0.15, 0.2) is 0 Å². The Bertz CT molecular complexity index is 884. The second-order valence-corrected chi connectivity index (χ2v) is 8.87. The van der Waals surface area contributed by atoms with E-state index in [-0.39, 0.29) is 5.41 Å². The lowest BCUT2D eigenvalue weighted by Gasteiger charge is -2.42. The monoisotopic (exact) mass is 376 g/mol. The number of amides is 1. The van der Waals surface area contributed by atoms with Crippen molar-refractivity contribution < 1.29 is 4.79 Å². The third-order valence-corrected chi connectivity index (χ3v) is 6.81. The summed E-state index contributed by atoms with van der Waals surface area (Å²) in [6.45, 7) is 5.53. The molecule has 1 spiro atoms. The summed E-state index contributed by atoms with van der Waals surface area (Å²) in [6, 6.07) is 8.66. The molecule has 3 aliphatic rings. The maximum atomic E-state index is 13.7. The molecule has 1 amide bonds. The highest BCUT2D eigenvalue weighted by atomic mass is 16.2. The molecule has 5 heteroatoms. The summed E-state index contributed by atoms with van der Waals surface area (Å²) < 4.78 is 0. The second kappa shape index (κ2) is 6.87. The van der Waals surface area contributed by atoms with Crippen molar-refractivity contribution in [3.05, 3.63) is 53.5 Å². The van der Waals surface area contributed by atoms with Crippen LogP contribution in [-0.4, -0.2) is 40.4 Å². The minimum Gasteiger partial charge on any atom is -0.356 e. The maximum Gasteiger partial charge on any atom is 0.229 e. The van der Waals surface area contributed by atoms with Crippen LogP contribution >= 0.6 is 0 Å². The van der Waals surface area contributed by atoms with Gasteiger partial charge in [0.1, 0.15) is 12.1 Å². The molecular formula is C23H28N4O. The third kappa shape index (κ3) is 3.17. The molecule has 146 valence electrons. The van der Waals surface area contributed by atoms with Gasteiger partial charge in [-0.25, -0.2) is 9.97 Å². The third-order valence-electron chi connectivity index (χ3n) is 6.81. The van der Waals surface area contributed by atoms with Crippen LogP contribution in [0.5, 0.6) is 0 Å². The highest BCUT2D eigenvalue weighted by Crippen LogP contribution is 2.42. The summed E-state index contributed by atoms with van der Waals surface area (Å²) in [5.41, 5.74) is 3.54. The molecule has 1 saturated heterocycles. The first kappa shape index (κ1) is 17.7. The van der Waals surface area contributed by atoms with Gasteiger partial charge in [0.2, 0.25) is 5.91 Å². The number of aryl methyl sites for hydroxylation is 1. The number of piperidine rings is 1. The fraction of sp³-hybridized carbons (Fsp3) is 0.522. The van der Waals surface area contributed by atoms with E-state index >= 15 is 0 Å². The molecule has 1 aromatic carbocycles. The highest BCUT2D eigenvalue weighted by molar-refractivity contribution is 5.84.